The van der Waals surface area contributed by atoms with Crippen LogP contribution < -0.4 is 0 Å². The van der Waals surface area contributed by atoms with Crippen LogP contribution >= 0.6 is 0 Å². The smallest absolute Gasteiger partial charge is 0.340 e. The van der Waals surface area contributed by atoms with Gasteiger partial charge in [-0.2, -0.15) is 0 Å². The number of carbonyl (C=O) groups is 10. The normalized spacial score (nSPS) is 23.0. The third-order valence-electron chi connectivity index (χ3n) is 18.3. The van der Waals surface area contributed by atoms with Crippen molar-refractivity contribution in [2.24, 2.45) is 0 Å². The average Bonchev–Trinajstić information content (AvgIpc) is 0.758. The van der Waals surface area contributed by atoms with Crippen molar-refractivity contribution in [2.75, 3.05) is 13.2 Å². The van der Waals surface area contributed by atoms with Crippen LogP contribution in [-0.2, 0) is 71.1 Å². The molecule has 15 atom stereocenters. The molecule has 113 heavy (non-hydrogen) atoms. The first kappa shape index (κ1) is 77.8. The maximum absolute atomic E-state index is 15.2. The van der Waals surface area contributed by atoms with Gasteiger partial charge in [-0.25, -0.2) is 47.9 Å². The van der Waals surface area contributed by atoms with Gasteiger partial charge in [0.15, 0.2) is 55.3 Å². The SMILES string of the molecule is C[C@@H]1O[C@@H](O[C@H]2[C@H](OC(=O)c3ccccc3)[C@@H](OC(=O)c3ccccc3)[C@H](OC[C@H]3O[C@H](OC(=O)c4ccccc4)[C@H](OC(=O)c4ccccc4)[C@@H](OC(=O)c4ccccc4)[C@@H]3OC(=O)c3ccccc3)O[C@@H]2COC(=O)c2ccccc2)[C@H](OC(=O)c2ccccc2)[C@H](OC(=O)c2ccccc2)[C@H]1OC(=O)c1ccccc1. The zero-order chi connectivity index (χ0) is 78.6. The molecule has 0 N–H and O–H groups in total. The van der Waals surface area contributed by atoms with E-state index >= 15 is 9.59 Å². The van der Waals surface area contributed by atoms with Crippen LogP contribution in [0.4, 0.5) is 0 Å². The van der Waals surface area contributed by atoms with Crippen LogP contribution in [0.15, 0.2) is 303 Å². The molecule has 10 aromatic carbocycles. The molecule has 0 radical (unpaired) electrons. The molecule has 0 aromatic heterocycles. The molecule has 574 valence electrons. The van der Waals surface area contributed by atoms with Crippen LogP contribution in [0.25, 0.3) is 0 Å². The Balaban J connectivity index is 0.956. The number of carbonyl (C=O) groups excluding carboxylic acids is 10. The van der Waals surface area contributed by atoms with Gasteiger partial charge in [0.1, 0.15) is 24.9 Å². The molecule has 3 aliphatic heterocycles. The third-order valence-corrected chi connectivity index (χ3v) is 18.3. The molecule has 3 heterocycles. The van der Waals surface area contributed by atoms with Gasteiger partial charge in [0.05, 0.1) is 68.3 Å². The lowest BCUT2D eigenvalue weighted by Gasteiger charge is -2.49. The summed E-state index contributed by atoms with van der Waals surface area (Å²) in [6.45, 7) is -0.421. The standard InChI is InChI=1S/C88H72O25/c1-54-67(104-77(90)56-34-14-3-15-35-56)70(106-79(92)58-38-18-5-19-39-58)74(110-83(96)62-46-26-9-27-47-62)87(101-54)112-69-65(52-99-76(89)55-32-12-2-13-33-55)102-86(73(109-82(95)61-44-24-8-25-45-61)72(69)108-81(94)60-42-22-7-23-43-60)100-53-66-68(105-78(91)57-36-16-4-17-37-57)71(107-80(93)59-40-20-6-21-41-59)75(111-84(97)63-48-28-10-29-49-63)88(103-66)113-85(98)64-50-30-11-31-51-64/h2-51,54,65-75,86-88H,52-53H2,1H3/t54-,65+,66+,67-,68+,69+,70+,71-,72-,73+,74+,75+,86+,87-,88+/m0/s1. The zero-order valence-electron chi connectivity index (χ0n) is 60.1. The summed E-state index contributed by atoms with van der Waals surface area (Å²) >= 11 is 0. The van der Waals surface area contributed by atoms with E-state index in [0.29, 0.717) is 0 Å². The van der Waals surface area contributed by atoms with Gasteiger partial charge in [-0.05, 0) is 128 Å². The molecule has 0 spiro atoms. The van der Waals surface area contributed by atoms with Crippen LogP contribution in [0.5, 0.6) is 0 Å². The average molecular weight is 1530 g/mol. The first-order chi connectivity index (χ1) is 55.1. The van der Waals surface area contributed by atoms with Gasteiger partial charge in [0.25, 0.3) is 0 Å². The summed E-state index contributed by atoms with van der Waals surface area (Å²) in [4.78, 5) is 147. The van der Waals surface area contributed by atoms with Crippen molar-refractivity contribution in [3.8, 4) is 0 Å². The number of hydrogen-bond donors (Lipinski definition) is 0. The second kappa shape index (κ2) is 37.4. The predicted octanol–water partition coefficient (Wildman–Crippen LogP) is 12.1. The van der Waals surface area contributed by atoms with Crippen molar-refractivity contribution in [2.45, 2.75) is 99.0 Å². The number of hydrogen-bond acceptors (Lipinski definition) is 25. The highest BCUT2D eigenvalue weighted by atomic mass is 16.8. The minimum absolute atomic E-state index is 0.00594. The van der Waals surface area contributed by atoms with Gasteiger partial charge in [0, 0.05) is 0 Å². The second-order valence-electron chi connectivity index (χ2n) is 25.9. The van der Waals surface area contributed by atoms with Gasteiger partial charge < -0.3 is 71.1 Å². The first-order valence-corrected chi connectivity index (χ1v) is 35.9. The summed E-state index contributed by atoms with van der Waals surface area (Å²) in [7, 11) is 0. The lowest BCUT2D eigenvalue weighted by Crippen LogP contribution is -2.67. The van der Waals surface area contributed by atoms with E-state index in [9.17, 15) is 38.4 Å². The van der Waals surface area contributed by atoms with E-state index in [1.807, 2.05) is 0 Å². The number of esters is 10. The van der Waals surface area contributed by atoms with Crippen LogP contribution in [0.2, 0.25) is 0 Å². The molecule has 13 rings (SSSR count). The molecule has 0 aliphatic carbocycles. The van der Waals surface area contributed by atoms with Gasteiger partial charge in [-0.1, -0.05) is 182 Å². The van der Waals surface area contributed by atoms with Crippen LogP contribution in [0.3, 0.4) is 0 Å². The number of ether oxygens (including phenoxy) is 15. The minimum Gasteiger partial charge on any atom is -0.459 e. The Kier molecular flexibility index (Phi) is 25.8. The molecule has 3 fully saturated rings. The number of benzene rings is 10. The molecule has 0 bridgehead atoms. The van der Waals surface area contributed by atoms with Gasteiger partial charge in [0.2, 0.25) is 12.4 Å². The Morgan fingerprint density at radius 2 is 0.442 bits per heavy atom. The molecular formula is C88H72O25. The van der Waals surface area contributed by atoms with E-state index in [0.717, 1.165) is 0 Å². The number of rotatable bonds is 26. The second-order valence-corrected chi connectivity index (χ2v) is 25.9. The van der Waals surface area contributed by atoms with E-state index in [1.54, 1.807) is 158 Å². The topological polar surface area (TPSA) is 309 Å². The first-order valence-electron chi connectivity index (χ1n) is 35.9. The molecule has 3 saturated heterocycles. The Hall–Kier alpha value is -13.3. The highest BCUT2D eigenvalue weighted by molar-refractivity contribution is 5.95. The fourth-order valence-corrected chi connectivity index (χ4v) is 12.6. The maximum atomic E-state index is 15.2. The Bertz CT molecular complexity index is 4880. The highest BCUT2D eigenvalue weighted by Crippen LogP contribution is 2.39. The minimum atomic E-state index is -2.14. The van der Waals surface area contributed by atoms with Crippen LogP contribution in [0.1, 0.15) is 111 Å². The summed E-state index contributed by atoms with van der Waals surface area (Å²) in [6, 6.07) is 76.2. The summed E-state index contributed by atoms with van der Waals surface area (Å²) in [5, 5.41) is 0. The summed E-state index contributed by atoms with van der Waals surface area (Å²) in [6.07, 6.45) is -29.2. The highest BCUT2D eigenvalue weighted by Gasteiger charge is 2.60. The summed E-state index contributed by atoms with van der Waals surface area (Å²) in [5.74, 6) is -10.3. The predicted molar refractivity (Wildman–Crippen MR) is 396 cm³/mol. The molecule has 3 aliphatic rings. The van der Waals surface area contributed by atoms with Gasteiger partial charge in [-0.15, -0.1) is 0 Å². The monoisotopic (exact) mass is 1530 g/mol. The quantitative estimate of drug-likeness (QED) is 0.0359. The Morgan fingerprint density at radius 3 is 0.761 bits per heavy atom. The van der Waals surface area contributed by atoms with Crippen molar-refractivity contribution in [1.29, 1.82) is 0 Å². The Labute approximate surface area is 646 Å². The van der Waals surface area contributed by atoms with Gasteiger partial charge in [-0.3, -0.25) is 0 Å². The van der Waals surface area contributed by atoms with E-state index < -0.39 is 165 Å². The molecule has 25 nitrogen and oxygen atoms in total. The van der Waals surface area contributed by atoms with Crippen molar-refractivity contribution in [3.63, 3.8) is 0 Å². The van der Waals surface area contributed by atoms with E-state index in [4.69, 9.17) is 71.1 Å². The maximum Gasteiger partial charge on any atom is 0.340 e. The largest absolute Gasteiger partial charge is 0.459 e. The van der Waals surface area contributed by atoms with Crippen LogP contribution in [-0.4, -0.2) is 165 Å². The van der Waals surface area contributed by atoms with Gasteiger partial charge >= 0.3 is 59.7 Å². The molecule has 0 unspecified atom stereocenters. The summed E-state index contributed by atoms with van der Waals surface area (Å²) < 4.78 is 97.6. The Morgan fingerprint density at radius 1 is 0.221 bits per heavy atom. The van der Waals surface area contributed by atoms with E-state index in [1.165, 1.54) is 153 Å². The van der Waals surface area contributed by atoms with Crippen molar-refractivity contribution >= 4 is 59.7 Å². The zero-order valence-corrected chi connectivity index (χ0v) is 60.1. The fraction of sp³-hybridized carbons (Fsp3) is 0.205. The van der Waals surface area contributed by atoms with E-state index in [2.05, 4.69) is 0 Å². The molecular weight excluding hydrogens is 1460 g/mol. The van der Waals surface area contributed by atoms with Crippen molar-refractivity contribution < 1.29 is 119 Å². The lowest BCUT2D eigenvalue weighted by atomic mass is 9.95. The molecule has 0 saturated carbocycles. The van der Waals surface area contributed by atoms with Crippen molar-refractivity contribution in [1.82, 2.24) is 0 Å². The van der Waals surface area contributed by atoms with Crippen LogP contribution in [0, 0.1) is 0 Å². The third kappa shape index (κ3) is 19.7. The molecule has 25 heteroatoms. The molecule has 10 aromatic rings. The lowest BCUT2D eigenvalue weighted by molar-refractivity contribution is -0.358. The summed E-state index contributed by atoms with van der Waals surface area (Å²) in [5.41, 5.74) is -0.228. The van der Waals surface area contributed by atoms with E-state index in [-0.39, 0.29) is 55.6 Å². The molecule has 0 amide bonds. The van der Waals surface area contributed by atoms with Crippen molar-refractivity contribution in [3.05, 3.63) is 359 Å². The fourth-order valence-electron chi connectivity index (χ4n) is 12.6.